The van der Waals surface area contributed by atoms with Crippen LogP contribution in [0.3, 0.4) is 0 Å². The third-order valence-electron chi connectivity index (χ3n) is 3.03. The van der Waals surface area contributed by atoms with Crippen molar-refractivity contribution in [1.82, 2.24) is 5.32 Å². The fourth-order valence-corrected chi connectivity index (χ4v) is 3.45. The largest absolute Gasteiger partial charge is 0.365 e. The lowest BCUT2D eigenvalue weighted by Gasteiger charge is -2.11. The molecule has 2 nitrogen and oxygen atoms in total. The van der Waals surface area contributed by atoms with Gasteiger partial charge in [-0.05, 0) is 36.5 Å². The molecule has 0 bridgehead atoms. The molecule has 1 aromatic carbocycles. The number of amidine groups is 1. The van der Waals surface area contributed by atoms with Gasteiger partial charge in [0.15, 0.2) is 5.17 Å². The molecule has 0 radical (unpaired) electrons. The molecule has 1 heterocycles. The molecule has 1 aliphatic heterocycles. The molecule has 4 heteroatoms. The Labute approximate surface area is 118 Å². The Kier molecular flexibility index (Phi) is 5.25. The number of nitrogens with one attached hydrogen (secondary N) is 1. The lowest BCUT2D eigenvalue weighted by atomic mass is 10.1. The molecular weight excluding hydrogens is 259 g/mol. The molecule has 1 atom stereocenters. The molecule has 0 saturated carbocycles. The molecule has 1 aliphatic rings. The molecule has 2 rings (SSSR count). The normalized spacial score (nSPS) is 18.7. The second-order valence-corrected chi connectivity index (χ2v) is 6.61. The van der Waals surface area contributed by atoms with Crippen LogP contribution in [0.2, 0.25) is 0 Å². The van der Waals surface area contributed by atoms with Crippen LogP contribution in [0.15, 0.2) is 29.3 Å². The first kappa shape index (κ1) is 14.4. The molecular formula is C15H21FN2S. The summed E-state index contributed by atoms with van der Waals surface area (Å²) in [6, 6.07) is 6.78. The average molecular weight is 280 g/mol. The molecule has 19 heavy (non-hydrogen) atoms. The van der Waals surface area contributed by atoms with Gasteiger partial charge in [-0.1, -0.05) is 37.7 Å². The third kappa shape index (κ3) is 4.86. The topological polar surface area (TPSA) is 24.4 Å². The van der Waals surface area contributed by atoms with Crippen LogP contribution in [0.5, 0.6) is 0 Å². The standard InChI is InChI=1S/C15H21FN2S/c1-11(2)8-14-10-18-15(19-14)17-7-6-12-4-3-5-13(16)9-12/h3-5,9,11,14H,6-8,10H2,1-2H3,(H,17,18). The first-order valence-corrected chi connectivity index (χ1v) is 7.71. The van der Waals surface area contributed by atoms with Gasteiger partial charge in [0.2, 0.25) is 0 Å². The Morgan fingerprint density at radius 1 is 1.47 bits per heavy atom. The summed E-state index contributed by atoms with van der Waals surface area (Å²) in [6.07, 6.45) is 2.04. The molecule has 104 valence electrons. The highest BCUT2D eigenvalue weighted by atomic mass is 32.2. The zero-order valence-corrected chi connectivity index (χ0v) is 12.3. The van der Waals surface area contributed by atoms with Crippen molar-refractivity contribution in [3.63, 3.8) is 0 Å². The average Bonchev–Trinajstić information content (AvgIpc) is 2.76. The van der Waals surface area contributed by atoms with Gasteiger partial charge in [-0.3, -0.25) is 4.99 Å². The maximum atomic E-state index is 13.0. The number of benzene rings is 1. The number of thioether (sulfide) groups is 1. The van der Waals surface area contributed by atoms with E-state index in [1.807, 2.05) is 17.8 Å². The third-order valence-corrected chi connectivity index (χ3v) is 4.20. The van der Waals surface area contributed by atoms with Gasteiger partial charge in [0.05, 0.1) is 6.54 Å². The minimum absolute atomic E-state index is 0.165. The van der Waals surface area contributed by atoms with Crippen LogP contribution in [0, 0.1) is 11.7 Å². The van der Waals surface area contributed by atoms with Crippen LogP contribution < -0.4 is 5.32 Å². The van der Waals surface area contributed by atoms with E-state index in [0.29, 0.717) is 5.25 Å². The van der Waals surface area contributed by atoms with Gasteiger partial charge in [0, 0.05) is 11.8 Å². The van der Waals surface area contributed by atoms with Crippen LogP contribution in [-0.2, 0) is 6.42 Å². The second-order valence-electron chi connectivity index (χ2n) is 5.32. The summed E-state index contributed by atoms with van der Waals surface area (Å²) in [4.78, 5) is 4.51. The monoisotopic (exact) mass is 280 g/mol. The fraction of sp³-hybridized carbons (Fsp3) is 0.533. The zero-order valence-electron chi connectivity index (χ0n) is 11.5. The van der Waals surface area contributed by atoms with E-state index in [4.69, 9.17) is 0 Å². The molecule has 0 spiro atoms. The predicted molar refractivity (Wildman–Crippen MR) is 81.2 cm³/mol. The Balaban J connectivity index is 1.70. The molecule has 0 fully saturated rings. The van der Waals surface area contributed by atoms with Crippen LogP contribution in [-0.4, -0.2) is 23.5 Å². The SMILES string of the molecule is CC(C)CC1CN=C(NCCc2cccc(F)c2)S1. The van der Waals surface area contributed by atoms with Crippen molar-refractivity contribution in [2.45, 2.75) is 31.9 Å². The number of aliphatic imine (C=N–C) groups is 1. The number of rotatable bonds is 5. The van der Waals surface area contributed by atoms with Gasteiger partial charge in [0.1, 0.15) is 5.82 Å². The Hall–Kier alpha value is -1.03. The van der Waals surface area contributed by atoms with Crippen LogP contribution in [0.1, 0.15) is 25.8 Å². The van der Waals surface area contributed by atoms with Crippen LogP contribution in [0.25, 0.3) is 0 Å². The highest BCUT2D eigenvalue weighted by molar-refractivity contribution is 8.14. The van der Waals surface area contributed by atoms with Crippen molar-refractivity contribution in [1.29, 1.82) is 0 Å². The van der Waals surface area contributed by atoms with Gasteiger partial charge >= 0.3 is 0 Å². The quantitative estimate of drug-likeness (QED) is 0.893. The van der Waals surface area contributed by atoms with E-state index in [-0.39, 0.29) is 5.82 Å². The smallest absolute Gasteiger partial charge is 0.156 e. The number of nitrogens with zero attached hydrogens (tertiary/aromatic N) is 1. The van der Waals surface area contributed by atoms with Crippen molar-refractivity contribution in [2.24, 2.45) is 10.9 Å². The molecule has 0 aliphatic carbocycles. The second kappa shape index (κ2) is 6.94. The highest BCUT2D eigenvalue weighted by Crippen LogP contribution is 2.25. The molecule has 0 aromatic heterocycles. The lowest BCUT2D eigenvalue weighted by molar-refractivity contribution is 0.575. The summed E-state index contributed by atoms with van der Waals surface area (Å²) in [5.41, 5.74) is 1.02. The summed E-state index contributed by atoms with van der Waals surface area (Å²) < 4.78 is 13.0. The summed E-state index contributed by atoms with van der Waals surface area (Å²) >= 11 is 1.84. The van der Waals surface area contributed by atoms with Crippen molar-refractivity contribution in [3.05, 3.63) is 35.6 Å². The van der Waals surface area contributed by atoms with E-state index in [1.54, 1.807) is 12.1 Å². The molecule has 1 N–H and O–H groups in total. The maximum absolute atomic E-state index is 13.0. The van der Waals surface area contributed by atoms with Crippen molar-refractivity contribution in [3.8, 4) is 0 Å². The van der Waals surface area contributed by atoms with Crippen LogP contribution in [0.4, 0.5) is 4.39 Å². The van der Waals surface area contributed by atoms with E-state index in [9.17, 15) is 4.39 Å². The van der Waals surface area contributed by atoms with Crippen molar-refractivity contribution >= 4 is 16.9 Å². The predicted octanol–water partition coefficient (Wildman–Crippen LogP) is 3.48. The van der Waals surface area contributed by atoms with Gasteiger partial charge in [-0.25, -0.2) is 4.39 Å². The first-order chi connectivity index (χ1) is 9.13. The number of hydrogen-bond acceptors (Lipinski definition) is 3. The molecule has 1 aromatic rings. The van der Waals surface area contributed by atoms with Gasteiger partial charge in [-0.2, -0.15) is 0 Å². The minimum atomic E-state index is -0.165. The minimum Gasteiger partial charge on any atom is -0.365 e. The van der Waals surface area contributed by atoms with Crippen molar-refractivity contribution < 1.29 is 4.39 Å². The van der Waals surface area contributed by atoms with Crippen LogP contribution >= 0.6 is 11.8 Å². The number of hydrogen-bond donors (Lipinski definition) is 1. The Morgan fingerprint density at radius 3 is 3.05 bits per heavy atom. The highest BCUT2D eigenvalue weighted by Gasteiger charge is 2.19. The summed E-state index contributed by atoms with van der Waals surface area (Å²) in [5, 5.41) is 5.01. The van der Waals surface area contributed by atoms with Gasteiger partial charge < -0.3 is 5.32 Å². The fourth-order valence-electron chi connectivity index (χ4n) is 2.17. The van der Waals surface area contributed by atoms with E-state index >= 15 is 0 Å². The summed E-state index contributed by atoms with van der Waals surface area (Å²) in [7, 11) is 0. The van der Waals surface area contributed by atoms with Gasteiger partial charge in [-0.15, -0.1) is 0 Å². The van der Waals surface area contributed by atoms with E-state index in [2.05, 4.69) is 24.2 Å². The Bertz CT molecular complexity index is 446. The van der Waals surface area contributed by atoms with E-state index in [0.717, 1.165) is 36.2 Å². The summed E-state index contributed by atoms with van der Waals surface area (Å²) in [6.45, 7) is 6.22. The van der Waals surface area contributed by atoms with E-state index in [1.165, 1.54) is 12.5 Å². The Morgan fingerprint density at radius 2 is 2.32 bits per heavy atom. The molecule has 0 amide bonds. The van der Waals surface area contributed by atoms with E-state index < -0.39 is 0 Å². The molecule has 0 saturated heterocycles. The van der Waals surface area contributed by atoms with Crippen molar-refractivity contribution in [2.75, 3.05) is 13.1 Å². The molecule has 1 unspecified atom stereocenters. The van der Waals surface area contributed by atoms with Gasteiger partial charge in [0.25, 0.3) is 0 Å². The maximum Gasteiger partial charge on any atom is 0.156 e. The summed E-state index contributed by atoms with van der Waals surface area (Å²) in [5.74, 6) is 0.557. The number of halogens is 1. The zero-order chi connectivity index (χ0) is 13.7. The first-order valence-electron chi connectivity index (χ1n) is 6.83. The lowest BCUT2D eigenvalue weighted by Crippen LogP contribution is -2.22.